The second kappa shape index (κ2) is 40.8. The molecule has 0 radical (unpaired) electrons. The number of carbonyl (C=O) groups excluding carboxylic acids is 2. The minimum atomic E-state index is -0.636. The highest BCUT2D eigenvalue weighted by Crippen LogP contribution is 2.50. The van der Waals surface area contributed by atoms with Crippen molar-refractivity contribution in [3.63, 3.8) is 0 Å². The minimum Gasteiger partial charge on any atom is -0.399 e. The second-order valence-corrected chi connectivity index (χ2v) is 28.5. The zero-order chi connectivity index (χ0) is 76.8. The molecule has 7 aromatic carbocycles. The lowest BCUT2D eigenvalue weighted by molar-refractivity contribution is -0.385. The molecule has 109 heavy (non-hydrogen) atoms. The van der Waals surface area contributed by atoms with Crippen molar-refractivity contribution in [3.05, 3.63) is 260 Å². The Hall–Kier alpha value is -11.1. The summed E-state index contributed by atoms with van der Waals surface area (Å²) in [4.78, 5) is 61.0. The van der Waals surface area contributed by atoms with Crippen molar-refractivity contribution in [1.29, 1.82) is 0 Å². The first kappa shape index (κ1) is 80.5. The molecule has 9 aromatic rings. The fourth-order valence-corrected chi connectivity index (χ4v) is 13.9. The fraction of sp³-hybridized carbons (Fsp3) is 0.357. The van der Waals surface area contributed by atoms with Crippen molar-refractivity contribution in [3.8, 4) is 0 Å². The summed E-state index contributed by atoms with van der Waals surface area (Å²) in [6.45, 7) is 13.2. The Balaban J connectivity index is 0.000000143. The molecule has 2 aliphatic carbocycles. The number of non-ortho nitro benzene ring substituents is 2. The number of rotatable bonds is 16. The van der Waals surface area contributed by atoms with E-state index >= 15 is 0 Å². The Kier molecular flexibility index (Phi) is 30.1. The van der Waals surface area contributed by atoms with Gasteiger partial charge in [-0.25, -0.2) is 14.4 Å². The smallest absolute Gasteiger partial charge is 0.272 e. The third-order valence-electron chi connectivity index (χ3n) is 20.0. The molecule has 0 bridgehead atoms. The van der Waals surface area contributed by atoms with Crippen molar-refractivity contribution < 1.29 is 23.8 Å². The van der Waals surface area contributed by atoms with Gasteiger partial charge in [0, 0.05) is 142 Å². The quantitative estimate of drug-likeness (QED) is 0.0188. The number of benzene rings is 7. The van der Waals surface area contributed by atoms with E-state index in [1.165, 1.54) is 169 Å². The molecule has 2 aromatic heterocycles. The van der Waals surface area contributed by atoms with Crippen LogP contribution in [0.15, 0.2) is 207 Å². The van der Waals surface area contributed by atoms with E-state index in [1.807, 2.05) is 84.9 Å². The molecule has 13 N–H and O–H groups in total. The van der Waals surface area contributed by atoms with Crippen LogP contribution in [0.25, 0.3) is 0 Å². The Morgan fingerprint density at radius 3 is 1.25 bits per heavy atom. The van der Waals surface area contributed by atoms with Crippen molar-refractivity contribution in [2.45, 2.75) is 114 Å². The standard InChI is InChI=1S/C25H28N6O.C15H14ClN3O.C11H14N2O2.2C11H16N2.C6H4FNO2.C5H11N/c26-24(32)21-17-28-23(16-22(21)30-25(9-10-25)18-5-2-1-3-6-18)29-19-7-4-8-20(15-19)31-13-11-27-12-14-31;16-13-8-12(11(9-18-13)14(17)20)19-15(6-7-15)10-4-2-1-3-5-10;14-13(15)11-6-4-5-10(9-11)12-7-2-1-3-8-12;2*12-10-5-4-6-11(9-10)13-7-2-1-3-8-13;7-5-2-1-3-6(4-5)8(9)10;1-2-4-6-5-3-1/h1-8,15-17,27H,9-14H2,(H2,26,32)(H2,28,29,30);1-5,8-9H,6-7H2,(H2,17,20)(H,18,19);4-6,9H,1-3,7-8H2;2*4-6,9H,1-3,7-8,12H2;1-4H;6H,1-5H2. The molecule has 7 fully saturated rings. The molecule has 2 amide bonds. The predicted octanol–water partition coefficient (Wildman–Crippen LogP) is 16.0. The van der Waals surface area contributed by atoms with Gasteiger partial charge in [-0.2, -0.15) is 0 Å². The Labute approximate surface area is 643 Å². The zero-order valence-corrected chi connectivity index (χ0v) is 62.8. The number of halogens is 2. The average molecular weight is 1500 g/mol. The number of nitrogens with one attached hydrogen (secondary N) is 5. The molecule has 574 valence electrons. The van der Waals surface area contributed by atoms with E-state index in [0.717, 1.165) is 99.8 Å². The lowest BCUT2D eigenvalue weighted by Gasteiger charge is -2.29. The normalized spacial score (nSPS) is 16.4. The number of nitrogen functional groups attached to an aromatic ring is 2. The lowest BCUT2D eigenvalue weighted by Crippen LogP contribution is -2.43. The van der Waals surface area contributed by atoms with Gasteiger partial charge in [-0.1, -0.05) is 109 Å². The van der Waals surface area contributed by atoms with Gasteiger partial charge < -0.3 is 69.1 Å². The summed E-state index contributed by atoms with van der Waals surface area (Å²) in [5.74, 6) is -0.926. The third-order valence-corrected chi connectivity index (χ3v) is 20.2. The van der Waals surface area contributed by atoms with Gasteiger partial charge in [0.2, 0.25) is 0 Å². The maximum absolute atomic E-state index is 12.2. The van der Waals surface area contributed by atoms with Gasteiger partial charge in [-0.3, -0.25) is 29.8 Å². The van der Waals surface area contributed by atoms with E-state index < -0.39 is 22.6 Å². The van der Waals surface area contributed by atoms with Crippen LogP contribution in [0.3, 0.4) is 0 Å². The third kappa shape index (κ3) is 25.0. The van der Waals surface area contributed by atoms with Crippen molar-refractivity contribution in [2.24, 2.45) is 11.5 Å². The number of carbonyl (C=O) groups is 2. The first-order valence-electron chi connectivity index (χ1n) is 38.0. The molecule has 5 saturated heterocycles. The number of anilines is 10. The summed E-state index contributed by atoms with van der Waals surface area (Å²) < 4.78 is 12.2. The van der Waals surface area contributed by atoms with E-state index in [1.54, 1.807) is 24.4 Å². The molecule has 0 unspecified atom stereocenters. The summed E-state index contributed by atoms with van der Waals surface area (Å²) >= 11 is 5.91. The summed E-state index contributed by atoms with van der Waals surface area (Å²) in [5, 5.41) is 38.0. The molecule has 0 atom stereocenters. The number of piperidine rings is 4. The molecule has 25 heteroatoms. The Morgan fingerprint density at radius 1 is 0.440 bits per heavy atom. The average Bonchev–Trinajstić information content (AvgIpc) is 1.61. The first-order chi connectivity index (χ1) is 52.9. The second-order valence-electron chi connectivity index (χ2n) is 28.1. The van der Waals surface area contributed by atoms with Gasteiger partial charge in [0.25, 0.3) is 23.2 Å². The summed E-state index contributed by atoms with van der Waals surface area (Å²) in [7, 11) is 0. The number of hydrogen-bond donors (Lipinski definition) is 9. The van der Waals surface area contributed by atoms with Crippen LogP contribution < -0.4 is 69.1 Å². The highest BCUT2D eigenvalue weighted by atomic mass is 35.5. The van der Waals surface area contributed by atoms with Crippen molar-refractivity contribution in [1.82, 2.24) is 20.6 Å². The predicted molar refractivity (Wildman–Crippen MR) is 440 cm³/mol. The van der Waals surface area contributed by atoms with Crippen LogP contribution >= 0.6 is 11.6 Å². The first-order valence-corrected chi connectivity index (χ1v) is 38.4. The molecule has 2 saturated carbocycles. The van der Waals surface area contributed by atoms with Gasteiger partial charge in [-0.15, -0.1) is 0 Å². The van der Waals surface area contributed by atoms with Gasteiger partial charge in [0.1, 0.15) is 16.8 Å². The Morgan fingerprint density at radius 2 is 0.835 bits per heavy atom. The summed E-state index contributed by atoms with van der Waals surface area (Å²) in [6.07, 6.45) is 22.8. The van der Waals surface area contributed by atoms with Gasteiger partial charge in [-0.05, 0) is 193 Å². The topological polar surface area (TPSA) is 323 Å². The molecule has 0 spiro atoms. The fourth-order valence-electron chi connectivity index (χ4n) is 13.8. The van der Waals surface area contributed by atoms with Crippen LogP contribution in [0.1, 0.15) is 135 Å². The van der Waals surface area contributed by atoms with E-state index in [4.69, 9.17) is 34.5 Å². The number of hydrogen-bond acceptors (Lipinski definition) is 19. The number of piperazine rings is 1. The molecule has 7 aliphatic rings. The molecule has 7 heterocycles. The highest BCUT2D eigenvalue weighted by molar-refractivity contribution is 6.29. The number of nitro groups is 2. The zero-order valence-electron chi connectivity index (χ0n) is 62.0. The largest absolute Gasteiger partial charge is 0.399 e. The number of nitro benzene ring substituents is 2. The van der Waals surface area contributed by atoms with Crippen LogP contribution in [-0.4, -0.2) is 110 Å². The number of amides is 2. The Bertz CT molecular complexity index is 4310. The molecular weight excluding hydrogens is 1400 g/mol. The molecule has 16 rings (SSSR count). The number of primary amides is 2. The maximum atomic E-state index is 12.2. The highest BCUT2D eigenvalue weighted by Gasteiger charge is 2.46. The van der Waals surface area contributed by atoms with Gasteiger partial charge >= 0.3 is 0 Å². The van der Waals surface area contributed by atoms with Crippen LogP contribution in [-0.2, 0) is 11.1 Å². The number of aromatic nitrogens is 2. The van der Waals surface area contributed by atoms with Crippen LogP contribution in [0.5, 0.6) is 0 Å². The van der Waals surface area contributed by atoms with Crippen LogP contribution in [0.2, 0.25) is 5.15 Å². The molecular formula is C84H103ClFN17O6. The van der Waals surface area contributed by atoms with Crippen LogP contribution in [0.4, 0.5) is 72.8 Å². The van der Waals surface area contributed by atoms with E-state index in [2.05, 4.69) is 117 Å². The van der Waals surface area contributed by atoms with Crippen LogP contribution in [0, 0.1) is 26.0 Å². The SMILES string of the molecule is C1CCNCC1.NC(=O)c1cnc(Cl)cc1NC1(c2ccccc2)CC1.NC(=O)c1cnc(Nc2cccc(N3CCNCC3)c2)cc1NC1(c2ccccc2)CC1.Nc1cccc(N2CCCCC2)c1.Nc1cccc(N2CCCCC2)c1.O=[N+]([O-])c1cccc(F)c1.O=[N+]([O-])c1cccc(N2CCCCC2)c1. The number of nitrogens with two attached hydrogens (primary N) is 4. The minimum absolute atomic E-state index is 0.129. The molecule has 5 aliphatic heterocycles. The molecule has 23 nitrogen and oxygen atoms in total. The van der Waals surface area contributed by atoms with Crippen molar-refractivity contribution >= 4 is 91.8 Å². The van der Waals surface area contributed by atoms with E-state index in [-0.39, 0.29) is 27.4 Å². The summed E-state index contributed by atoms with van der Waals surface area (Å²) in [6, 6.07) is 60.1. The van der Waals surface area contributed by atoms with E-state index in [9.17, 15) is 34.2 Å². The maximum Gasteiger partial charge on any atom is 0.272 e. The lowest BCUT2D eigenvalue weighted by atomic mass is 10.0. The van der Waals surface area contributed by atoms with Gasteiger partial charge in [0.15, 0.2) is 0 Å². The monoisotopic (exact) mass is 1500 g/mol. The number of nitrogens with zero attached hydrogens (tertiary/aromatic N) is 8. The van der Waals surface area contributed by atoms with Gasteiger partial charge in [0.05, 0.1) is 49.5 Å². The van der Waals surface area contributed by atoms with E-state index in [0.29, 0.717) is 33.5 Å². The van der Waals surface area contributed by atoms with Crippen molar-refractivity contribution in [2.75, 3.05) is 126 Å². The number of pyridine rings is 2. The summed E-state index contributed by atoms with van der Waals surface area (Å²) in [5.41, 5.74) is 34.1.